The molecule has 37 heavy (non-hydrogen) atoms. The van der Waals surface area contributed by atoms with Crippen molar-refractivity contribution in [2.24, 2.45) is 0 Å². The fraction of sp³-hybridized carbons (Fsp3) is 0.267. The second-order valence-corrected chi connectivity index (χ2v) is 9.45. The lowest BCUT2D eigenvalue weighted by Gasteiger charge is -2.32. The van der Waals surface area contributed by atoms with E-state index in [-0.39, 0.29) is 24.3 Å². The first kappa shape index (κ1) is 24.6. The van der Waals surface area contributed by atoms with E-state index in [2.05, 4.69) is 10.3 Å². The van der Waals surface area contributed by atoms with Gasteiger partial charge in [-0.15, -0.1) is 0 Å². The maximum atomic E-state index is 14.1. The lowest BCUT2D eigenvalue weighted by atomic mass is 10.0. The Hall–Kier alpha value is -4.13. The molecule has 5 rings (SSSR count). The Bertz CT molecular complexity index is 1390. The number of fused-ring (bicyclic) bond motifs is 1. The number of hydrogen-bond donors (Lipinski definition) is 2. The van der Waals surface area contributed by atoms with Gasteiger partial charge >= 0.3 is 0 Å². The van der Waals surface area contributed by atoms with Crippen LogP contribution in [0.4, 0.5) is 10.1 Å². The van der Waals surface area contributed by atoms with Crippen molar-refractivity contribution in [2.45, 2.75) is 44.2 Å². The molecule has 1 unspecified atom stereocenters. The highest BCUT2D eigenvalue weighted by molar-refractivity contribution is 6.03. The fourth-order valence-corrected chi connectivity index (χ4v) is 5.14. The average molecular weight is 500 g/mol. The lowest BCUT2D eigenvalue weighted by molar-refractivity contribution is -0.127. The number of amides is 2. The molecule has 7 heteroatoms. The third-order valence-corrected chi connectivity index (χ3v) is 7.01. The maximum absolute atomic E-state index is 14.1. The van der Waals surface area contributed by atoms with Gasteiger partial charge in [-0.1, -0.05) is 49.2 Å². The molecule has 1 atom stereocenters. The monoisotopic (exact) mass is 499 g/mol. The Labute approximate surface area is 215 Å². The number of ether oxygens (including phenoxy) is 1. The van der Waals surface area contributed by atoms with Crippen LogP contribution in [0.3, 0.4) is 0 Å². The molecule has 0 bridgehead atoms. The van der Waals surface area contributed by atoms with E-state index in [0.717, 1.165) is 42.1 Å². The number of H-pyrrole nitrogens is 1. The lowest BCUT2D eigenvalue weighted by Crippen LogP contribution is -2.46. The standard InChI is InChI=1S/C30H30FN3O3/c1-37-25-10-6-9-24(18-25)34(28(35)17-21-19-32-27-12-5-4-11-26(21)27)29(20-13-15-22(31)16-14-20)30(36)33-23-7-2-3-8-23/h4-6,9-16,18-19,23,29,32H,2-3,7-8,17H2,1H3,(H,33,36). The van der Waals surface area contributed by atoms with Crippen LogP contribution in [0, 0.1) is 5.82 Å². The summed E-state index contributed by atoms with van der Waals surface area (Å²) in [6, 6.07) is 19.8. The van der Waals surface area contributed by atoms with E-state index in [4.69, 9.17) is 4.74 Å². The van der Waals surface area contributed by atoms with Crippen LogP contribution in [0.15, 0.2) is 79.0 Å². The molecule has 1 fully saturated rings. The highest BCUT2D eigenvalue weighted by atomic mass is 19.1. The summed E-state index contributed by atoms with van der Waals surface area (Å²) in [4.78, 5) is 32.7. The number of nitrogens with one attached hydrogen (secondary N) is 2. The Balaban J connectivity index is 1.58. The number of aromatic nitrogens is 1. The number of carbonyl (C=O) groups is 2. The van der Waals surface area contributed by atoms with Gasteiger partial charge in [0.1, 0.15) is 17.6 Å². The van der Waals surface area contributed by atoms with Gasteiger partial charge in [-0.2, -0.15) is 0 Å². The van der Waals surface area contributed by atoms with Crippen LogP contribution in [0.25, 0.3) is 10.9 Å². The number of aromatic amines is 1. The summed E-state index contributed by atoms with van der Waals surface area (Å²) >= 11 is 0. The molecule has 1 aromatic heterocycles. The van der Waals surface area contributed by atoms with Gasteiger partial charge in [-0.25, -0.2) is 4.39 Å². The summed E-state index contributed by atoms with van der Waals surface area (Å²) in [5.74, 6) is -0.379. The van der Waals surface area contributed by atoms with E-state index >= 15 is 0 Å². The van der Waals surface area contributed by atoms with Crippen molar-refractivity contribution in [3.8, 4) is 5.75 Å². The number of rotatable bonds is 8. The molecule has 1 heterocycles. The molecule has 2 amide bonds. The summed E-state index contributed by atoms with van der Waals surface area (Å²) in [5, 5.41) is 4.10. The Morgan fingerprint density at radius 1 is 1.05 bits per heavy atom. The largest absolute Gasteiger partial charge is 0.497 e. The molecule has 1 aliphatic rings. The first-order valence-corrected chi connectivity index (χ1v) is 12.6. The van der Waals surface area contributed by atoms with Gasteiger partial charge in [-0.3, -0.25) is 14.5 Å². The minimum Gasteiger partial charge on any atom is -0.497 e. The summed E-state index contributed by atoms with van der Waals surface area (Å²) in [6.07, 6.45) is 5.85. The first-order chi connectivity index (χ1) is 18.0. The predicted molar refractivity (Wildman–Crippen MR) is 142 cm³/mol. The molecule has 3 aromatic carbocycles. The number of anilines is 1. The Morgan fingerprint density at radius 3 is 2.57 bits per heavy atom. The second kappa shape index (κ2) is 10.9. The molecule has 0 spiro atoms. The van der Waals surface area contributed by atoms with Crippen molar-refractivity contribution in [3.05, 3.63) is 95.9 Å². The van der Waals surface area contributed by atoms with E-state index < -0.39 is 11.9 Å². The average Bonchev–Trinajstić information content (AvgIpc) is 3.58. The minimum atomic E-state index is -0.981. The number of para-hydroxylation sites is 1. The zero-order chi connectivity index (χ0) is 25.8. The van der Waals surface area contributed by atoms with Crippen LogP contribution >= 0.6 is 0 Å². The van der Waals surface area contributed by atoms with Crippen LogP contribution in [0.1, 0.15) is 42.9 Å². The van der Waals surface area contributed by atoms with Crippen molar-refractivity contribution < 1.29 is 18.7 Å². The van der Waals surface area contributed by atoms with Crippen molar-refractivity contribution in [1.82, 2.24) is 10.3 Å². The minimum absolute atomic E-state index is 0.0614. The number of methoxy groups -OCH3 is 1. The third-order valence-electron chi connectivity index (χ3n) is 7.01. The molecule has 0 aliphatic heterocycles. The molecule has 0 saturated heterocycles. The van der Waals surface area contributed by atoms with Crippen LogP contribution in [-0.4, -0.2) is 29.9 Å². The van der Waals surface area contributed by atoms with Crippen molar-refractivity contribution in [1.29, 1.82) is 0 Å². The van der Waals surface area contributed by atoms with Crippen LogP contribution in [-0.2, 0) is 16.0 Å². The highest BCUT2D eigenvalue weighted by Gasteiger charge is 2.34. The van der Waals surface area contributed by atoms with E-state index in [9.17, 15) is 14.0 Å². The SMILES string of the molecule is COc1cccc(N(C(=O)Cc2c[nH]c3ccccc23)C(C(=O)NC2CCCC2)c2ccc(F)cc2)c1. The number of carbonyl (C=O) groups excluding carboxylic acids is 2. The Kier molecular flexibility index (Phi) is 7.21. The number of nitrogens with zero attached hydrogens (tertiary/aromatic N) is 1. The van der Waals surface area contributed by atoms with Crippen LogP contribution in [0.5, 0.6) is 5.75 Å². The van der Waals surface area contributed by atoms with Gasteiger partial charge in [0, 0.05) is 34.9 Å². The van der Waals surface area contributed by atoms with Crippen LogP contribution < -0.4 is 15.0 Å². The van der Waals surface area contributed by atoms with Crippen LogP contribution in [0.2, 0.25) is 0 Å². The molecule has 6 nitrogen and oxygen atoms in total. The summed E-state index contributed by atoms with van der Waals surface area (Å²) in [7, 11) is 1.56. The van der Waals surface area contributed by atoms with Gasteiger partial charge < -0.3 is 15.0 Å². The second-order valence-electron chi connectivity index (χ2n) is 9.45. The smallest absolute Gasteiger partial charge is 0.248 e. The fourth-order valence-electron chi connectivity index (χ4n) is 5.14. The zero-order valence-electron chi connectivity index (χ0n) is 20.7. The predicted octanol–water partition coefficient (Wildman–Crippen LogP) is 5.69. The molecular weight excluding hydrogens is 469 g/mol. The number of hydrogen-bond acceptors (Lipinski definition) is 3. The molecule has 2 N–H and O–H groups in total. The van der Waals surface area contributed by atoms with Crippen molar-refractivity contribution >= 4 is 28.4 Å². The Morgan fingerprint density at radius 2 is 1.81 bits per heavy atom. The van der Waals surface area contributed by atoms with Gasteiger partial charge in [0.05, 0.1) is 13.5 Å². The van der Waals surface area contributed by atoms with E-state index in [1.807, 2.05) is 30.5 Å². The molecule has 4 aromatic rings. The quantitative estimate of drug-likeness (QED) is 0.327. The number of halogens is 1. The number of benzene rings is 3. The van der Waals surface area contributed by atoms with E-state index in [1.54, 1.807) is 43.5 Å². The van der Waals surface area contributed by atoms with E-state index in [0.29, 0.717) is 17.0 Å². The van der Waals surface area contributed by atoms with E-state index in [1.165, 1.54) is 17.0 Å². The van der Waals surface area contributed by atoms with Gasteiger partial charge in [-0.05, 0) is 54.3 Å². The molecule has 1 saturated carbocycles. The topological polar surface area (TPSA) is 74.4 Å². The molecular formula is C30H30FN3O3. The highest BCUT2D eigenvalue weighted by Crippen LogP contribution is 2.32. The van der Waals surface area contributed by atoms with Gasteiger partial charge in [0.15, 0.2) is 0 Å². The molecule has 1 aliphatic carbocycles. The van der Waals surface area contributed by atoms with Gasteiger partial charge in [0.25, 0.3) is 0 Å². The van der Waals surface area contributed by atoms with Gasteiger partial charge in [0.2, 0.25) is 11.8 Å². The summed E-state index contributed by atoms with van der Waals surface area (Å²) < 4.78 is 19.3. The summed E-state index contributed by atoms with van der Waals surface area (Å²) in [6.45, 7) is 0. The maximum Gasteiger partial charge on any atom is 0.248 e. The summed E-state index contributed by atoms with van der Waals surface area (Å²) in [5.41, 5.74) is 2.84. The molecule has 0 radical (unpaired) electrons. The first-order valence-electron chi connectivity index (χ1n) is 12.6. The zero-order valence-corrected chi connectivity index (χ0v) is 20.7. The molecule has 190 valence electrons. The third kappa shape index (κ3) is 5.35. The normalized spacial score (nSPS) is 14.4. The van der Waals surface area contributed by atoms with Crippen molar-refractivity contribution in [2.75, 3.05) is 12.0 Å². The van der Waals surface area contributed by atoms with Crippen molar-refractivity contribution in [3.63, 3.8) is 0 Å².